The quantitative estimate of drug-likeness (QED) is 0.810. The normalized spacial score (nSPS) is 38.8. The fourth-order valence-electron chi connectivity index (χ4n) is 3.47. The fourth-order valence-corrected chi connectivity index (χ4v) is 3.47. The Labute approximate surface area is 107 Å². The van der Waals surface area contributed by atoms with Crippen molar-refractivity contribution < 1.29 is 4.74 Å². The van der Waals surface area contributed by atoms with Crippen molar-refractivity contribution in [1.29, 1.82) is 0 Å². The van der Waals surface area contributed by atoms with Crippen LogP contribution in [0.5, 0.6) is 0 Å². The monoisotopic (exact) mass is 239 g/mol. The van der Waals surface area contributed by atoms with E-state index in [0.29, 0.717) is 6.10 Å². The highest BCUT2D eigenvalue weighted by Gasteiger charge is 2.40. The zero-order chi connectivity index (χ0) is 12.3. The lowest BCUT2D eigenvalue weighted by Gasteiger charge is -2.47. The van der Waals surface area contributed by atoms with Crippen molar-refractivity contribution in [2.24, 2.45) is 11.8 Å². The van der Waals surface area contributed by atoms with Crippen LogP contribution in [0.1, 0.15) is 65.7 Å². The standard InChI is InChI=1S/C15H29NO/c1-4-5-14-8-11-16-15(17-14)9-6-13(7-10-15)12(2)3/h12-14,16H,4-11H2,1-3H3. The molecule has 0 radical (unpaired) electrons. The topological polar surface area (TPSA) is 21.3 Å². The van der Waals surface area contributed by atoms with Gasteiger partial charge in [0.25, 0.3) is 0 Å². The summed E-state index contributed by atoms with van der Waals surface area (Å²) < 4.78 is 6.37. The second-order valence-corrected chi connectivity index (χ2v) is 6.32. The zero-order valence-electron chi connectivity index (χ0n) is 11.8. The SMILES string of the molecule is CCCC1CCNC2(CCC(C(C)C)CC2)O1. The third kappa shape index (κ3) is 3.23. The third-order valence-electron chi connectivity index (χ3n) is 4.70. The molecule has 0 amide bonds. The summed E-state index contributed by atoms with van der Waals surface area (Å²) in [5.41, 5.74) is 0.0451. The molecule has 1 heterocycles. The van der Waals surface area contributed by atoms with Crippen LogP contribution in [-0.4, -0.2) is 18.4 Å². The van der Waals surface area contributed by atoms with Gasteiger partial charge in [-0.05, 0) is 50.4 Å². The van der Waals surface area contributed by atoms with Crippen LogP contribution < -0.4 is 5.32 Å². The number of ether oxygens (including phenoxy) is 1. The molecule has 2 rings (SSSR count). The van der Waals surface area contributed by atoms with Crippen molar-refractivity contribution in [3.8, 4) is 0 Å². The van der Waals surface area contributed by atoms with Gasteiger partial charge in [-0.1, -0.05) is 27.2 Å². The van der Waals surface area contributed by atoms with Crippen molar-refractivity contribution in [2.45, 2.75) is 77.5 Å². The third-order valence-corrected chi connectivity index (χ3v) is 4.70. The smallest absolute Gasteiger partial charge is 0.119 e. The van der Waals surface area contributed by atoms with E-state index in [2.05, 4.69) is 26.1 Å². The van der Waals surface area contributed by atoms with Gasteiger partial charge in [0, 0.05) is 6.54 Å². The Morgan fingerprint density at radius 1 is 1.24 bits per heavy atom. The van der Waals surface area contributed by atoms with Crippen molar-refractivity contribution in [2.75, 3.05) is 6.54 Å². The molecule has 1 spiro atoms. The number of hydrogen-bond donors (Lipinski definition) is 1. The summed E-state index contributed by atoms with van der Waals surface area (Å²) in [5, 5.41) is 3.66. The Balaban J connectivity index is 1.88. The molecule has 1 aliphatic carbocycles. The van der Waals surface area contributed by atoms with Crippen LogP contribution in [0.4, 0.5) is 0 Å². The molecule has 0 bridgehead atoms. The number of nitrogens with one attached hydrogen (secondary N) is 1. The molecule has 0 aromatic rings. The van der Waals surface area contributed by atoms with E-state index in [1.54, 1.807) is 0 Å². The number of rotatable bonds is 3. The lowest BCUT2D eigenvalue weighted by molar-refractivity contribution is -0.167. The Morgan fingerprint density at radius 2 is 1.94 bits per heavy atom. The predicted molar refractivity (Wildman–Crippen MR) is 71.9 cm³/mol. The minimum atomic E-state index is 0.0451. The Morgan fingerprint density at radius 3 is 2.53 bits per heavy atom. The van der Waals surface area contributed by atoms with Crippen LogP contribution in [-0.2, 0) is 4.74 Å². The van der Waals surface area contributed by atoms with E-state index in [-0.39, 0.29) is 5.72 Å². The first-order chi connectivity index (χ1) is 8.15. The maximum absolute atomic E-state index is 6.37. The van der Waals surface area contributed by atoms with E-state index in [0.717, 1.165) is 18.4 Å². The van der Waals surface area contributed by atoms with Crippen LogP contribution in [0.15, 0.2) is 0 Å². The maximum atomic E-state index is 6.37. The molecule has 2 nitrogen and oxygen atoms in total. The van der Waals surface area contributed by atoms with Gasteiger partial charge in [-0.3, -0.25) is 5.32 Å². The molecule has 100 valence electrons. The van der Waals surface area contributed by atoms with E-state index in [9.17, 15) is 0 Å². The molecule has 0 aromatic heterocycles. The minimum absolute atomic E-state index is 0.0451. The summed E-state index contributed by atoms with van der Waals surface area (Å²) in [4.78, 5) is 0. The minimum Gasteiger partial charge on any atom is -0.357 e. The second-order valence-electron chi connectivity index (χ2n) is 6.32. The summed E-state index contributed by atoms with van der Waals surface area (Å²) >= 11 is 0. The largest absolute Gasteiger partial charge is 0.357 e. The van der Waals surface area contributed by atoms with Crippen molar-refractivity contribution in [3.63, 3.8) is 0 Å². The molecule has 2 heteroatoms. The molecule has 1 N–H and O–H groups in total. The predicted octanol–water partition coefficient (Wildman–Crippen LogP) is 3.71. The Bertz CT molecular complexity index is 229. The first kappa shape index (κ1) is 13.4. The first-order valence-corrected chi connectivity index (χ1v) is 7.58. The van der Waals surface area contributed by atoms with E-state index in [1.165, 1.54) is 44.9 Å². The summed E-state index contributed by atoms with van der Waals surface area (Å²) in [6, 6.07) is 0. The first-order valence-electron chi connectivity index (χ1n) is 7.58. The highest BCUT2D eigenvalue weighted by molar-refractivity contribution is 4.90. The molecule has 17 heavy (non-hydrogen) atoms. The maximum Gasteiger partial charge on any atom is 0.119 e. The fraction of sp³-hybridized carbons (Fsp3) is 1.00. The highest BCUT2D eigenvalue weighted by atomic mass is 16.5. The molecule has 1 saturated carbocycles. The summed E-state index contributed by atoms with van der Waals surface area (Å²) in [6.07, 6.45) is 9.30. The van der Waals surface area contributed by atoms with Gasteiger partial charge in [0.05, 0.1) is 6.10 Å². The van der Waals surface area contributed by atoms with Gasteiger partial charge in [0.1, 0.15) is 5.72 Å². The molecule has 1 saturated heterocycles. The summed E-state index contributed by atoms with van der Waals surface area (Å²) in [6.45, 7) is 8.13. The average molecular weight is 239 g/mol. The van der Waals surface area contributed by atoms with Gasteiger partial charge in [-0.25, -0.2) is 0 Å². The van der Waals surface area contributed by atoms with E-state index >= 15 is 0 Å². The molecular formula is C15H29NO. The molecule has 1 aliphatic heterocycles. The molecule has 2 aliphatic rings. The second kappa shape index (κ2) is 5.71. The molecule has 1 atom stereocenters. The van der Waals surface area contributed by atoms with E-state index < -0.39 is 0 Å². The van der Waals surface area contributed by atoms with Gasteiger partial charge in [-0.15, -0.1) is 0 Å². The molecular weight excluding hydrogens is 210 g/mol. The average Bonchev–Trinajstić information content (AvgIpc) is 2.30. The van der Waals surface area contributed by atoms with E-state index in [1.807, 2.05) is 0 Å². The van der Waals surface area contributed by atoms with Gasteiger partial charge < -0.3 is 4.74 Å². The van der Waals surface area contributed by atoms with Crippen molar-refractivity contribution in [3.05, 3.63) is 0 Å². The molecule has 0 aromatic carbocycles. The van der Waals surface area contributed by atoms with Crippen LogP contribution in [0.25, 0.3) is 0 Å². The van der Waals surface area contributed by atoms with E-state index in [4.69, 9.17) is 4.74 Å². The van der Waals surface area contributed by atoms with Gasteiger partial charge in [0.2, 0.25) is 0 Å². The van der Waals surface area contributed by atoms with Gasteiger partial charge in [-0.2, -0.15) is 0 Å². The molecule has 2 fully saturated rings. The van der Waals surface area contributed by atoms with Crippen LogP contribution in [0.2, 0.25) is 0 Å². The van der Waals surface area contributed by atoms with Gasteiger partial charge in [0.15, 0.2) is 0 Å². The summed E-state index contributed by atoms with van der Waals surface area (Å²) in [5.74, 6) is 1.75. The lowest BCUT2D eigenvalue weighted by atomic mass is 9.77. The van der Waals surface area contributed by atoms with Crippen molar-refractivity contribution >= 4 is 0 Å². The Hall–Kier alpha value is -0.0800. The van der Waals surface area contributed by atoms with Crippen LogP contribution in [0.3, 0.4) is 0 Å². The van der Waals surface area contributed by atoms with Crippen LogP contribution >= 0.6 is 0 Å². The molecule has 1 unspecified atom stereocenters. The van der Waals surface area contributed by atoms with Gasteiger partial charge >= 0.3 is 0 Å². The van der Waals surface area contributed by atoms with Crippen LogP contribution in [0, 0.1) is 11.8 Å². The highest BCUT2D eigenvalue weighted by Crippen LogP contribution is 2.39. The number of hydrogen-bond acceptors (Lipinski definition) is 2. The zero-order valence-corrected chi connectivity index (χ0v) is 11.8. The Kier molecular flexibility index (Phi) is 4.48. The summed E-state index contributed by atoms with van der Waals surface area (Å²) in [7, 11) is 0. The van der Waals surface area contributed by atoms with Crippen molar-refractivity contribution in [1.82, 2.24) is 5.32 Å². The lowest BCUT2D eigenvalue weighted by Crippen LogP contribution is -2.56.